The van der Waals surface area contributed by atoms with E-state index < -0.39 is 6.04 Å². The summed E-state index contributed by atoms with van der Waals surface area (Å²) in [6.45, 7) is 0.636. The van der Waals surface area contributed by atoms with Gasteiger partial charge in [0.05, 0.1) is 13.4 Å². The highest BCUT2D eigenvalue weighted by atomic mass is 16.5. The maximum absolute atomic E-state index is 12.2. The van der Waals surface area contributed by atoms with Crippen LogP contribution < -0.4 is 0 Å². The van der Waals surface area contributed by atoms with Gasteiger partial charge in [0.25, 0.3) is 0 Å². The van der Waals surface area contributed by atoms with Crippen LogP contribution in [0.3, 0.4) is 0 Å². The normalized spacial score (nSPS) is 19.2. The smallest absolute Gasteiger partial charge is 0.328 e. The lowest BCUT2D eigenvalue weighted by atomic mass is 10.0. The number of carbonyl (C=O) groups excluding carboxylic acids is 2. The molecule has 1 aliphatic rings. The fourth-order valence-electron chi connectivity index (χ4n) is 2.44. The van der Waals surface area contributed by atoms with Gasteiger partial charge in [0.15, 0.2) is 0 Å². The first-order chi connectivity index (χ1) is 9.22. The average molecular weight is 265 g/mol. The Morgan fingerprint density at radius 3 is 3.00 bits per heavy atom. The van der Waals surface area contributed by atoms with Gasteiger partial charge in [0.2, 0.25) is 5.91 Å². The van der Waals surface area contributed by atoms with Crippen molar-refractivity contribution < 1.29 is 18.7 Å². The minimum atomic E-state index is -0.414. The molecule has 1 amide bonds. The average Bonchev–Trinajstić information content (AvgIpc) is 2.97. The Morgan fingerprint density at radius 1 is 1.47 bits per heavy atom. The molecule has 5 nitrogen and oxygen atoms in total. The first-order valence-electron chi connectivity index (χ1n) is 6.62. The molecule has 1 aliphatic heterocycles. The molecule has 104 valence electrons. The van der Waals surface area contributed by atoms with E-state index in [-0.39, 0.29) is 11.9 Å². The van der Waals surface area contributed by atoms with Gasteiger partial charge in [-0.05, 0) is 31.4 Å². The third-order valence-electron chi connectivity index (χ3n) is 3.46. The summed E-state index contributed by atoms with van der Waals surface area (Å²) in [6.07, 6.45) is 5.12. The lowest BCUT2D eigenvalue weighted by Gasteiger charge is -2.33. The summed E-state index contributed by atoms with van der Waals surface area (Å²) in [5, 5.41) is 0. The van der Waals surface area contributed by atoms with Crippen molar-refractivity contribution in [1.29, 1.82) is 0 Å². The van der Waals surface area contributed by atoms with Crippen LogP contribution in [0.5, 0.6) is 0 Å². The van der Waals surface area contributed by atoms with Gasteiger partial charge in [-0.2, -0.15) is 0 Å². The molecule has 2 rings (SSSR count). The van der Waals surface area contributed by atoms with Crippen LogP contribution in [0, 0.1) is 0 Å². The first kappa shape index (κ1) is 13.6. The Labute approximate surface area is 112 Å². The van der Waals surface area contributed by atoms with Crippen LogP contribution in [0.25, 0.3) is 0 Å². The van der Waals surface area contributed by atoms with Gasteiger partial charge in [0, 0.05) is 19.4 Å². The van der Waals surface area contributed by atoms with Crippen LogP contribution in [0.15, 0.2) is 22.8 Å². The van der Waals surface area contributed by atoms with Crippen molar-refractivity contribution in [3.8, 4) is 0 Å². The Kier molecular flexibility index (Phi) is 4.60. The summed E-state index contributed by atoms with van der Waals surface area (Å²) in [5.74, 6) is 0.470. The number of esters is 1. The van der Waals surface area contributed by atoms with Gasteiger partial charge < -0.3 is 14.1 Å². The molecule has 0 radical (unpaired) electrons. The van der Waals surface area contributed by atoms with E-state index >= 15 is 0 Å². The number of rotatable bonds is 4. The summed E-state index contributed by atoms with van der Waals surface area (Å²) < 4.78 is 9.97. The van der Waals surface area contributed by atoms with Crippen LogP contribution in [-0.2, 0) is 20.7 Å². The van der Waals surface area contributed by atoms with Gasteiger partial charge in [-0.1, -0.05) is 0 Å². The van der Waals surface area contributed by atoms with E-state index in [0.717, 1.165) is 18.6 Å². The van der Waals surface area contributed by atoms with Crippen molar-refractivity contribution in [2.24, 2.45) is 0 Å². The van der Waals surface area contributed by atoms with E-state index in [4.69, 9.17) is 9.15 Å². The number of likely N-dealkylation sites (tertiary alicyclic amines) is 1. The Hall–Kier alpha value is -1.78. The second kappa shape index (κ2) is 6.41. The lowest BCUT2D eigenvalue weighted by Crippen LogP contribution is -2.48. The maximum atomic E-state index is 12.2. The summed E-state index contributed by atoms with van der Waals surface area (Å²) in [4.78, 5) is 25.5. The van der Waals surface area contributed by atoms with E-state index in [1.807, 2.05) is 6.07 Å². The van der Waals surface area contributed by atoms with Crippen LogP contribution >= 0.6 is 0 Å². The SMILES string of the molecule is COC(=O)C1CCCCN1C(=O)CCc1ccco1. The van der Waals surface area contributed by atoms with Crippen LogP contribution in [-0.4, -0.2) is 36.5 Å². The van der Waals surface area contributed by atoms with Gasteiger partial charge in [-0.15, -0.1) is 0 Å². The third-order valence-corrected chi connectivity index (χ3v) is 3.46. The number of piperidine rings is 1. The highest BCUT2D eigenvalue weighted by Crippen LogP contribution is 2.19. The van der Waals surface area contributed by atoms with Gasteiger partial charge in [-0.25, -0.2) is 4.79 Å². The Morgan fingerprint density at radius 2 is 2.32 bits per heavy atom. The number of ether oxygens (including phenoxy) is 1. The predicted octanol–water partition coefficient (Wildman–Crippen LogP) is 1.77. The monoisotopic (exact) mass is 265 g/mol. The zero-order chi connectivity index (χ0) is 13.7. The number of nitrogens with zero attached hydrogens (tertiary/aromatic N) is 1. The molecule has 19 heavy (non-hydrogen) atoms. The van der Waals surface area contributed by atoms with Gasteiger partial charge in [-0.3, -0.25) is 4.79 Å². The second-order valence-corrected chi connectivity index (χ2v) is 4.70. The third kappa shape index (κ3) is 3.36. The second-order valence-electron chi connectivity index (χ2n) is 4.70. The van der Waals surface area contributed by atoms with Crippen molar-refractivity contribution in [2.45, 2.75) is 38.1 Å². The number of furan rings is 1. The summed E-state index contributed by atoms with van der Waals surface area (Å²) in [7, 11) is 1.36. The van der Waals surface area contributed by atoms with E-state index in [0.29, 0.717) is 25.8 Å². The topological polar surface area (TPSA) is 59.8 Å². The van der Waals surface area contributed by atoms with Crippen LogP contribution in [0.2, 0.25) is 0 Å². The van der Waals surface area contributed by atoms with Crippen molar-refractivity contribution in [3.05, 3.63) is 24.2 Å². The molecule has 1 atom stereocenters. The highest BCUT2D eigenvalue weighted by molar-refractivity contribution is 5.84. The minimum Gasteiger partial charge on any atom is -0.469 e. The molecule has 0 saturated carbocycles. The van der Waals surface area contributed by atoms with Gasteiger partial charge in [0.1, 0.15) is 11.8 Å². The predicted molar refractivity (Wildman–Crippen MR) is 68.4 cm³/mol. The number of aryl methyl sites for hydroxylation is 1. The van der Waals surface area contributed by atoms with Crippen LogP contribution in [0.1, 0.15) is 31.4 Å². The van der Waals surface area contributed by atoms with Crippen molar-refractivity contribution in [2.75, 3.05) is 13.7 Å². The molecule has 1 aromatic heterocycles. The Bertz CT molecular complexity index is 427. The van der Waals surface area contributed by atoms with Crippen molar-refractivity contribution in [1.82, 2.24) is 4.90 Å². The number of hydrogen-bond acceptors (Lipinski definition) is 4. The number of hydrogen-bond donors (Lipinski definition) is 0. The highest BCUT2D eigenvalue weighted by Gasteiger charge is 2.32. The molecule has 0 aliphatic carbocycles. The molecular formula is C14H19NO4. The molecule has 0 bridgehead atoms. The lowest BCUT2D eigenvalue weighted by molar-refractivity contribution is -0.154. The first-order valence-corrected chi connectivity index (χ1v) is 6.62. The minimum absolute atomic E-state index is 0.00787. The largest absolute Gasteiger partial charge is 0.469 e. The maximum Gasteiger partial charge on any atom is 0.328 e. The zero-order valence-corrected chi connectivity index (χ0v) is 11.1. The molecule has 2 heterocycles. The van der Waals surface area contributed by atoms with Gasteiger partial charge >= 0.3 is 5.97 Å². The molecule has 1 aromatic rings. The van der Waals surface area contributed by atoms with E-state index in [2.05, 4.69) is 0 Å². The van der Waals surface area contributed by atoms with Crippen molar-refractivity contribution in [3.63, 3.8) is 0 Å². The summed E-state index contributed by atoms with van der Waals surface area (Å²) in [6, 6.07) is 3.24. The van der Waals surface area contributed by atoms with E-state index in [9.17, 15) is 9.59 Å². The number of methoxy groups -OCH3 is 1. The number of amides is 1. The fraction of sp³-hybridized carbons (Fsp3) is 0.571. The quantitative estimate of drug-likeness (QED) is 0.778. The van der Waals surface area contributed by atoms with E-state index in [1.165, 1.54) is 7.11 Å². The molecule has 0 aromatic carbocycles. The van der Waals surface area contributed by atoms with E-state index in [1.54, 1.807) is 17.2 Å². The molecule has 1 saturated heterocycles. The molecule has 0 N–H and O–H groups in total. The Balaban J connectivity index is 1.93. The molecular weight excluding hydrogens is 246 g/mol. The van der Waals surface area contributed by atoms with Crippen molar-refractivity contribution >= 4 is 11.9 Å². The summed E-state index contributed by atoms with van der Waals surface area (Å²) >= 11 is 0. The standard InChI is InChI=1S/C14H19NO4/c1-18-14(17)12-6-2-3-9-15(12)13(16)8-7-11-5-4-10-19-11/h4-5,10,12H,2-3,6-9H2,1H3. The van der Waals surface area contributed by atoms with Crippen LogP contribution in [0.4, 0.5) is 0 Å². The zero-order valence-electron chi connectivity index (χ0n) is 11.1. The summed E-state index contributed by atoms with van der Waals surface area (Å²) in [5.41, 5.74) is 0. The molecule has 5 heteroatoms. The molecule has 1 unspecified atom stereocenters. The molecule has 0 spiro atoms. The fourth-order valence-corrected chi connectivity index (χ4v) is 2.44. The molecule has 1 fully saturated rings. The number of carbonyl (C=O) groups is 2.